The molecule has 0 saturated heterocycles. The van der Waals surface area contributed by atoms with E-state index >= 15 is 0 Å². The van der Waals surface area contributed by atoms with Gasteiger partial charge in [0, 0.05) is 28.7 Å². The van der Waals surface area contributed by atoms with E-state index in [1.807, 2.05) is 13.8 Å². The van der Waals surface area contributed by atoms with Gasteiger partial charge in [0.2, 0.25) is 0 Å². The van der Waals surface area contributed by atoms with E-state index in [-0.39, 0.29) is 17.6 Å². The minimum absolute atomic E-state index is 0.0406. The Hall–Kier alpha value is -1.07. The van der Waals surface area contributed by atoms with E-state index in [1.165, 1.54) is 0 Å². The molecule has 0 fully saturated rings. The first-order valence-corrected chi connectivity index (χ1v) is 6.02. The third kappa shape index (κ3) is 4.02. The van der Waals surface area contributed by atoms with Crippen molar-refractivity contribution in [1.29, 1.82) is 0 Å². The van der Waals surface area contributed by atoms with Crippen molar-refractivity contribution in [3.63, 3.8) is 0 Å². The summed E-state index contributed by atoms with van der Waals surface area (Å²) in [5.41, 5.74) is 0.485. The minimum Gasteiger partial charge on any atom is -0.478 e. The second kappa shape index (κ2) is 5.51. The van der Waals surface area contributed by atoms with Crippen LogP contribution in [0.4, 0.5) is 5.69 Å². The lowest BCUT2D eigenvalue weighted by Crippen LogP contribution is -2.27. The maximum Gasteiger partial charge on any atom is 0.337 e. The van der Waals surface area contributed by atoms with Crippen LogP contribution < -0.4 is 5.32 Å². The molecule has 1 aromatic carbocycles. The van der Waals surface area contributed by atoms with Crippen molar-refractivity contribution < 1.29 is 15.0 Å². The van der Waals surface area contributed by atoms with E-state index < -0.39 is 5.97 Å². The van der Waals surface area contributed by atoms with Gasteiger partial charge in [-0.05, 0) is 18.2 Å². The number of nitrogens with one attached hydrogen (secondary N) is 1. The molecule has 0 saturated carbocycles. The molecule has 0 radical (unpaired) electrons. The molecule has 94 valence electrons. The second-order valence-electron chi connectivity index (χ2n) is 4.67. The number of hydrogen-bond donors (Lipinski definition) is 3. The largest absolute Gasteiger partial charge is 0.478 e. The first-order chi connectivity index (χ1) is 7.85. The molecule has 4 nitrogen and oxygen atoms in total. The van der Waals surface area contributed by atoms with Crippen LogP contribution in [0.3, 0.4) is 0 Å². The van der Waals surface area contributed by atoms with Gasteiger partial charge in [-0.1, -0.05) is 29.8 Å². The molecule has 0 heterocycles. The van der Waals surface area contributed by atoms with Crippen LogP contribution in [-0.2, 0) is 0 Å². The number of aliphatic hydroxyl groups excluding tert-OH is 1. The maximum atomic E-state index is 11.1. The van der Waals surface area contributed by atoms with Crippen LogP contribution in [0.5, 0.6) is 0 Å². The van der Waals surface area contributed by atoms with E-state index in [1.54, 1.807) is 18.2 Å². The van der Waals surface area contributed by atoms with Crippen LogP contribution in [-0.4, -0.2) is 29.3 Å². The molecule has 0 amide bonds. The fourth-order valence-corrected chi connectivity index (χ4v) is 1.60. The molecule has 3 N–H and O–H groups in total. The Morgan fingerprint density at radius 1 is 1.47 bits per heavy atom. The van der Waals surface area contributed by atoms with E-state index in [0.29, 0.717) is 12.2 Å². The number of aromatic carboxylic acids is 1. The molecule has 0 unspecified atom stereocenters. The van der Waals surface area contributed by atoms with Gasteiger partial charge in [0.25, 0.3) is 0 Å². The van der Waals surface area contributed by atoms with Gasteiger partial charge in [0.05, 0.1) is 5.56 Å². The number of anilines is 1. The number of rotatable bonds is 5. The standard InChI is InChI=1S/C12H16BrNO3/c1-12(2,7-15)6-14-10-4-3-8(13)5-9(10)11(16)17/h3-5,14-15H,6-7H2,1-2H3,(H,16,17). The van der Waals surface area contributed by atoms with Crippen molar-refractivity contribution in [3.05, 3.63) is 28.2 Å². The molecular weight excluding hydrogens is 286 g/mol. The molecule has 5 heteroatoms. The zero-order valence-corrected chi connectivity index (χ0v) is 11.4. The Balaban J connectivity index is 2.88. The van der Waals surface area contributed by atoms with Crippen molar-refractivity contribution in [2.45, 2.75) is 13.8 Å². The molecule has 17 heavy (non-hydrogen) atoms. The van der Waals surface area contributed by atoms with E-state index in [4.69, 9.17) is 10.2 Å². The lowest BCUT2D eigenvalue weighted by molar-refractivity contribution is 0.0697. The molecule has 0 aliphatic rings. The van der Waals surface area contributed by atoms with Gasteiger partial charge < -0.3 is 15.5 Å². The monoisotopic (exact) mass is 301 g/mol. The van der Waals surface area contributed by atoms with Crippen LogP contribution in [0.1, 0.15) is 24.2 Å². The first kappa shape index (κ1) is 14.0. The van der Waals surface area contributed by atoms with E-state index in [9.17, 15) is 4.79 Å². The maximum absolute atomic E-state index is 11.1. The predicted octanol–water partition coefficient (Wildman–Crippen LogP) is 2.58. The number of carboxylic acids is 1. The summed E-state index contributed by atoms with van der Waals surface area (Å²) in [6.45, 7) is 4.35. The summed E-state index contributed by atoms with van der Waals surface area (Å²) in [5.74, 6) is -0.976. The highest BCUT2D eigenvalue weighted by Gasteiger charge is 2.18. The van der Waals surface area contributed by atoms with Gasteiger partial charge in [-0.25, -0.2) is 4.79 Å². The Bertz CT molecular complexity index is 418. The average Bonchev–Trinajstić information content (AvgIpc) is 2.27. The molecule has 0 aliphatic carbocycles. The average molecular weight is 302 g/mol. The van der Waals surface area contributed by atoms with Crippen molar-refractivity contribution in [3.8, 4) is 0 Å². The quantitative estimate of drug-likeness (QED) is 0.782. The Kier molecular flexibility index (Phi) is 4.54. The highest BCUT2D eigenvalue weighted by Crippen LogP contribution is 2.23. The zero-order valence-electron chi connectivity index (χ0n) is 9.83. The fourth-order valence-electron chi connectivity index (χ4n) is 1.24. The van der Waals surface area contributed by atoms with Crippen LogP contribution in [0, 0.1) is 5.41 Å². The Morgan fingerprint density at radius 2 is 2.12 bits per heavy atom. The van der Waals surface area contributed by atoms with Crippen molar-refractivity contribution >= 4 is 27.6 Å². The molecule has 0 aromatic heterocycles. The highest BCUT2D eigenvalue weighted by molar-refractivity contribution is 9.10. The predicted molar refractivity (Wildman–Crippen MR) is 70.5 cm³/mol. The number of benzene rings is 1. The molecule has 1 aromatic rings. The summed E-state index contributed by atoms with van der Waals surface area (Å²) < 4.78 is 0.724. The number of aliphatic hydroxyl groups is 1. The van der Waals surface area contributed by atoms with Crippen LogP contribution >= 0.6 is 15.9 Å². The van der Waals surface area contributed by atoms with Gasteiger partial charge in [0.1, 0.15) is 0 Å². The topological polar surface area (TPSA) is 69.6 Å². The van der Waals surface area contributed by atoms with Crippen molar-refractivity contribution in [1.82, 2.24) is 0 Å². The summed E-state index contributed by atoms with van der Waals surface area (Å²) in [4.78, 5) is 11.1. The minimum atomic E-state index is -0.976. The van der Waals surface area contributed by atoms with Crippen LogP contribution in [0.25, 0.3) is 0 Å². The SMILES string of the molecule is CC(C)(CO)CNc1ccc(Br)cc1C(=O)O. The first-order valence-electron chi connectivity index (χ1n) is 5.23. The highest BCUT2D eigenvalue weighted by atomic mass is 79.9. The molecule has 0 bridgehead atoms. The summed E-state index contributed by atoms with van der Waals surface area (Å²) in [6.07, 6.45) is 0. The molecule has 0 aliphatic heterocycles. The number of hydrogen-bond acceptors (Lipinski definition) is 3. The molecule has 1 rings (SSSR count). The van der Waals surface area contributed by atoms with Crippen LogP contribution in [0.2, 0.25) is 0 Å². The smallest absolute Gasteiger partial charge is 0.337 e. The van der Waals surface area contributed by atoms with E-state index in [2.05, 4.69) is 21.2 Å². The van der Waals surface area contributed by atoms with Crippen molar-refractivity contribution in [2.24, 2.45) is 5.41 Å². The Morgan fingerprint density at radius 3 is 2.65 bits per heavy atom. The molecule has 0 spiro atoms. The third-order valence-corrected chi connectivity index (χ3v) is 2.89. The summed E-state index contributed by atoms with van der Waals surface area (Å²) >= 11 is 3.24. The molecular formula is C12H16BrNO3. The van der Waals surface area contributed by atoms with Gasteiger partial charge in [-0.3, -0.25) is 0 Å². The zero-order chi connectivity index (χ0) is 13.1. The van der Waals surface area contributed by atoms with Gasteiger partial charge in [-0.2, -0.15) is 0 Å². The lowest BCUT2D eigenvalue weighted by Gasteiger charge is -2.23. The number of carbonyl (C=O) groups is 1. The molecule has 0 atom stereocenters. The van der Waals surface area contributed by atoms with Gasteiger partial charge in [-0.15, -0.1) is 0 Å². The van der Waals surface area contributed by atoms with Gasteiger partial charge in [0.15, 0.2) is 0 Å². The fraction of sp³-hybridized carbons (Fsp3) is 0.417. The second-order valence-corrected chi connectivity index (χ2v) is 5.59. The summed E-state index contributed by atoms with van der Waals surface area (Å²) in [6, 6.07) is 5.04. The van der Waals surface area contributed by atoms with E-state index in [0.717, 1.165) is 4.47 Å². The normalized spacial score (nSPS) is 11.3. The van der Waals surface area contributed by atoms with Gasteiger partial charge >= 0.3 is 5.97 Å². The van der Waals surface area contributed by atoms with Crippen LogP contribution in [0.15, 0.2) is 22.7 Å². The van der Waals surface area contributed by atoms with Crippen molar-refractivity contribution in [2.75, 3.05) is 18.5 Å². The Labute approximate surface area is 109 Å². The lowest BCUT2D eigenvalue weighted by atomic mass is 9.95. The number of carboxylic acid groups (broad SMARTS) is 1. The third-order valence-electron chi connectivity index (χ3n) is 2.40. The number of halogens is 1. The summed E-state index contributed by atoms with van der Waals surface area (Å²) in [7, 11) is 0. The summed E-state index contributed by atoms with van der Waals surface area (Å²) in [5, 5.41) is 21.2.